The lowest BCUT2D eigenvalue weighted by atomic mass is 10.1. The van der Waals surface area contributed by atoms with Crippen LogP contribution in [0.1, 0.15) is 26.3 Å². The molecule has 7 nitrogen and oxygen atoms in total. The molecule has 3 aromatic carbocycles. The van der Waals surface area contributed by atoms with Gasteiger partial charge in [0.15, 0.2) is 23.9 Å². The first kappa shape index (κ1) is 22.6. The van der Waals surface area contributed by atoms with E-state index in [-0.39, 0.29) is 24.7 Å². The van der Waals surface area contributed by atoms with Crippen molar-refractivity contribution in [2.45, 2.75) is 6.42 Å². The van der Waals surface area contributed by atoms with Crippen molar-refractivity contribution in [1.82, 2.24) is 0 Å². The van der Waals surface area contributed by atoms with Crippen molar-refractivity contribution >= 4 is 23.3 Å². The number of carbonyl (C=O) groups excluding carboxylic acids is 3. The average molecular weight is 433 g/mol. The summed E-state index contributed by atoms with van der Waals surface area (Å²) in [4.78, 5) is 36.6. The van der Waals surface area contributed by atoms with Crippen LogP contribution in [0.3, 0.4) is 0 Å². The number of benzene rings is 3. The first-order valence-electron chi connectivity index (χ1n) is 9.86. The Kier molecular flexibility index (Phi) is 7.59. The number of hydrogen-bond acceptors (Lipinski definition) is 6. The second-order valence-corrected chi connectivity index (χ2v) is 6.85. The van der Waals surface area contributed by atoms with Gasteiger partial charge in [-0.3, -0.25) is 14.4 Å². The maximum atomic E-state index is 12.3. The van der Waals surface area contributed by atoms with Crippen molar-refractivity contribution in [2.24, 2.45) is 0 Å². The Bertz CT molecular complexity index is 1090. The quantitative estimate of drug-likeness (QED) is 0.406. The molecular weight excluding hydrogens is 410 g/mol. The van der Waals surface area contributed by atoms with E-state index in [1.54, 1.807) is 66.7 Å². The van der Waals surface area contributed by atoms with Crippen molar-refractivity contribution in [1.29, 1.82) is 0 Å². The van der Waals surface area contributed by atoms with E-state index in [1.807, 2.05) is 6.07 Å². The van der Waals surface area contributed by atoms with E-state index in [9.17, 15) is 14.4 Å². The first-order chi connectivity index (χ1) is 15.5. The lowest BCUT2D eigenvalue weighted by Gasteiger charge is -2.10. The molecule has 0 saturated heterocycles. The monoisotopic (exact) mass is 433 g/mol. The van der Waals surface area contributed by atoms with E-state index in [0.717, 1.165) is 0 Å². The predicted molar refractivity (Wildman–Crippen MR) is 119 cm³/mol. The Morgan fingerprint density at radius 1 is 0.781 bits per heavy atom. The molecule has 0 unspecified atom stereocenters. The zero-order chi connectivity index (χ0) is 22.9. The van der Waals surface area contributed by atoms with E-state index in [1.165, 1.54) is 14.2 Å². The molecule has 0 fully saturated rings. The molecule has 0 saturated carbocycles. The zero-order valence-corrected chi connectivity index (χ0v) is 17.8. The van der Waals surface area contributed by atoms with Crippen LogP contribution in [0.2, 0.25) is 0 Å². The fraction of sp³-hybridized carbons (Fsp3) is 0.160. The molecule has 1 N–H and O–H groups in total. The number of nitrogens with one attached hydrogen (secondary N) is 1. The van der Waals surface area contributed by atoms with Crippen LogP contribution in [0.5, 0.6) is 11.5 Å². The van der Waals surface area contributed by atoms with Crippen molar-refractivity contribution in [3.63, 3.8) is 0 Å². The number of esters is 1. The van der Waals surface area contributed by atoms with Crippen LogP contribution < -0.4 is 14.8 Å². The molecule has 7 heteroatoms. The van der Waals surface area contributed by atoms with E-state index in [4.69, 9.17) is 14.2 Å². The van der Waals surface area contributed by atoms with Gasteiger partial charge in [-0.1, -0.05) is 24.3 Å². The minimum Gasteiger partial charge on any atom is -0.493 e. The molecule has 0 aliphatic carbocycles. The second kappa shape index (κ2) is 10.8. The highest BCUT2D eigenvalue weighted by Crippen LogP contribution is 2.27. The molecular formula is C25H23NO6. The summed E-state index contributed by atoms with van der Waals surface area (Å²) in [6.07, 6.45) is -0.00190. The van der Waals surface area contributed by atoms with Gasteiger partial charge in [-0.15, -0.1) is 0 Å². The van der Waals surface area contributed by atoms with E-state index in [2.05, 4.69) is 5.32 Å². The lowest BCUT2D eigenvalue weighted by Crippen LogP contribution is -2.16. The SMILES string of the molecule is COc1ccc(CC(=O)OCC(=O)c2ccc(NC(=O)c3ccccc3)cc2)cc1OC. The topological polar surface area (TPSA) is 90.9 Å². The molecule has 3 aromatic rings. The van der Waals surface area contributed by atoms with Crippen LogP contribution in [0.25, 0.3) is 0 Å². The zero-order valence-electron chi connectivity index (χ0n) is 17.8. The van der Waals surface area contributed by atoms with Crippen LogP contribution in [0.4, 0.5) is 5.69 Å². The Morgan fingerprint density at radius 3 is 2.12 bits per heavy atom. The summed E-state index contributed by atoms with van der Waals surface area (Å²) in [6, 6.07) is 20.3. The molecule has 0 spiro atoms. The van der Waals surface area contributed by atoms with Crippen LogP contribution in [-0.4, -0.2) is 38.5 Å². The van der Waals surface area contributed by atoms with Crippen LogP contribution in [-0.2, 0) is 16.0 Å². The number of rotatable bonds is 9. The molecule has 1 amide bonds. The Balaban J connectivity index is 1.51. The average Bonchev–Trinajstić information content (AvgIpc) is 2.83. The van der Waals surface area contributed by atoms with E-state index < -0.39 is 5.97 Å². The third-order valence-corrected chi connectivity index (χ3v) is 4.66. The molecule has 0 atom stereocenters. The minimum absolute atomic E-state index is 0.00190. The maximum absolute atomic E-state index is 12.3. The van der Waals surface area contributed by atoms with Crippen LogP contribution in [0, 0.1) is 0 Å². The highest BCUT2D eigenvalue weighted by atomic mass is 16.5. The first-order valence-corrected chi connectivity index (χ1v) is 9.86. The van der Waals surface area contributed by atoms with Gasteiger partial charge in [0, 0.05) is 16.8 Å². The summed E-state index contributed by atoms with van der Waals surface area (Å²) in [5, 5.41) is 2.76. The molecule has 0 aliphatic heterocycles. The predicted octanol–water partition coefficient (Wildman–Crippen LogP) is 3.92. The maximum Gasteiger partial charge on any atom is 0.310 e. The van der Waals surface area contributed by atoms with Crippen molar-refractivity contribution < 1.29 is 28.6 Å². The molecule has 0 aromatic heterocycles. The van der Waals surface area contributed by atoms with Gasteiger partial charge in [0.05, 0.1) is 20.6 Å². The van der Waals surface area contributed by atoms with Gasteiger partial charge in [-0.05, 0) is 54.1 Å². The Morgan fingerprint density at radius 2 is 1.47 bits per heavy atom. The summed E-state index contributed by atoms with van der Waals surface area (Å²) in [5.74, 6) is -0.0470. The number of anilines is 1. The summed E-state index contributed by atoms with van der Waals surface area (Å²) < 4.78 is 15.5. The second-order valence-electron chi connectivity index (χ2n) is 6.85. The number of methoxy groups -OCH3 is 2. The largest absolute Gasteiger partial charge is 0.493 e. The minimum atomic E-state index is -0.530. The fourth-order valence-corrected chi connectivity index (χ4v) is 2.97. The molecule has 0 radical (unpaired) electrons. The van der Waals surface area contributed by atoms with Crippen molar-refractivity contribution in [2.75, 3.05) is 26.1 Å². The van der Waals surface area contributed by atoms with Gasteiger partial charge in [0.1, 0.15) is 0 Å². The van der Waals surface area contributed by atoms with Gasteiger partial charge < -0.3 is 19.5 Å². The van der Waals surface area contributed by atoms with Crippen molar-refractivity contribution in [3.8, 4) is 11.5 Å². The van der Waals surface area contributed by atoms with Gasteiger partial charge in [-0.25, -0.2) is 0 Å². The summed E-state index contributed by atoms with van der Waals surface area (Å²) in [7, 11) is 3.04. The van der Waals surface area contributed by atoms with Gasteiger partial charge in [0.25, 0.3) is 5.91 Å². The fourth-order valence-electron chi connectivity index (χ4n) is 2.97. The van der Waals surface area contributed by atoms with Crippen molar-refractivity contribution in [3.05, 3.63) is 89.5 Å². The van der Waals surface area contributed by atoms with E-state index in [0.29, 0.717) is 33.9 Å². The molecule has 0 aliphatic rings. The summed E-state index contributed by atoms with van der Waals surface area (Å²) >= 11 is 0. The van der Waals surface area contributed by atoms with Crippen LogP contribution >= 0.6 is 0 Å². The molecule has 32 heavy (non-hydrogen) atoms. The third-order valence-electron chi connectivity index (χ3n) is 4.66. The Labute approximate surface area is 185 Å². The number of Topliss-reactive ketones (excluding diaryl/α,β-unsaturated/α-hetero) is 1. The van der Waals surface area contributed by atoms with Gasteiger partial charge >= 0.3 is 5.97 Å². The summed E-state index contributed by atoms with van der Waals surface area (Å²) in [6.45, 7) is -0.373. The standard InChI is InChI=1S/C25H23NO6/c1-30-22-13-8-17(14-23(22)31-2)15-24(28)32-16-21(27)18-9-11-20(12-10-18)26-25(29)19-6-4-3-5-7-19/h3-14H,15-16H2,1-2H3,(H,26,29). The van der Waals surface area contributed by atoms with Gasteiger partial charge in [-0.2, -0.15) is 0 Å². The highest BCUT2D eigenvalue weighted by Gasteiger charge is 2.13. The highest BCUT2D eigenvalue weighted by molar-refractivity contribution is 6.04. The Hall–Kier alpha value is -4.13. The number of hydrogen-bond donors (Lipinski definition) is 1. The van der Waals surface area contributed by atoms with Gasteiger partial charge in [0.2, 0.25) is 0 Å². The molecule has 164 valence electrons. The lowest BCUT2D eigenvalue weighted by molar-refractivity contribution is -0.141. The molecule has 0 bridgehead atoms. The number of amides is 1. The molecule has 3 rings (SSSR count). The van der Waals surface area contributed by atoms with Crippen LogP contribution in [0.15, 0.2) is 72.8 Å². The normalized spacial score (nSPS) is 10.2. The smallest absolute Gasteiger partial charge is 0.310 e. The third kappa shape index (κ3) is 5.95. The molecule has 0 heterocycles. The van der Waals surface area contributed by atoms with E-state index >= 15 is 0 Å². The number of ether oxygens (including phenoxy) is 3. The number of ketones is 1. The summed E-state index contributed by atoms with van der Waals surface area (Å²) in [5.41, 5.74) is 2.15. The number of carbonyl (C=O) groups is 3.